The first kappa shape index (κ1) is 10.8. The normalized spacial score (nSPS) is 17.2. The highest BCUT2D eigenvalue weighted by molar-refractivity contribution is 5.61. The Hall–Kier alpha value is -1.69. The van der Waals surface area contributed by atoms with Crippen LogP contribution in [0.5, 0.6) is 0 Å². The van der Waals surface area contributed by atoms with E-state index in [-0.39, 0.29) is 0 Å². The fraction of sp³-hybridized carbons (Fsp3) is 0.462. The molecular formula is C13H17N3. The number of nitriles is 1. The molecule has 0 amide bonds. The smallest absolute Gasteiger partial charge is 0.101 e. The highest BCUT2D eigenvalue weighted by Gasteiger charge is 2.31. The molecule has 0 aromatic heterocycles. The third-order valence-electron chi connectivity index (χ3n) is 3.45. The summed E-state index contributed by atoms with van der Waals surface area (Å²) in [6, 6.07) is 7.62. The Morgan fingerprint density at radius 3 is 2.81 bits per heavy atom. The minimum absolute atomic E-state index is 0.439. The van der Waals surface area contributed by atoms with Crippen LogP contribution in [0.3, 0.4) is 0 Å². The van der Waals surface area contributed by atoms with Crippen molar-refractivity contribution >= 4 is 11.4 Å². The molecule has 1 saturated carbocycles. The number of rotatable bonds is 3. The first-order valence-corrected chi connectivity index (χ1v) is 5.66. The second-order valence-corrected chi connectivity index (χ2v) is 4.93. The van der Waals surface area contributed by atoms with E-state index in [0.29, 0.717) is 16.7 Å². The van der Waals surface area contributed by atoms with E-state index in [4.69, 9.17) is 11.0 Å². The van der Waals surface area contributed by atoms with Gasteiger partial charge in [0, 0.05) is 17.9 Å². The van der Waals surface area contributed by atoms with Gasteiger partial charge in [0.15, 0.2) is 0 Å². The first-order chi connectivity index (χ1) is 7.63. The van der Waals surface area contributed by atoms with Crippen LogP contribution in [-0.2, 0) is 0 Å². The van der Waals surface area contributed by atoms with Crippen LogP contribution >= 0.6 is 0 Å². The highest BCUT2D eigenvalue weighted by Crippen LogP contribution is 2.40. The quantitative estimate of drug-likeness (QED) is 0.762. The van der Waals surface area contributed by atoms with Crippen molar-refractivity contribution in [3.05, 3.63) is 23.8 Å². The van der Waals surface area contributed by atoms with Crippen LogP contribution < -0.4 is 11.1 Å². The first-order valence-electron chi connectivity index (χ1n) is 5.66. The van der Waals surface area contributed by atoms with Crippen molar-refractivity contribution in [2.45, 2.75) is 26.2 Å². The van der Waals surface area contributed by atoms with Crippen LogP contribution in [0.2, 0.25) is 0 Å². The van der Waals surface area contributed by atoms with E-state index in [1.807, 2.05) is 12.1 Å². The Morgan fingerprint density at radius 2 is 2.25 bits per heavy atom. The van der Waals surface area contributed by atoms with Crippen LogP contribution in [0.4, 0.5) is 11.4 Å². The Kier molecular flexibility index (Phi) is 2.74. The van der Waals surface area contributed by atoms with Crippen molar-refractivity contribution in [3.8, 4) is 6.07 Å². The summed E-state index contributed by atoms with van der Waals surface area (Å²) >= 11 is 0. The fourth-order valence-corrected chi connectivity index (χ4v) is 2.04. The molecule has 0 radical (unpaired) electrons. The maximum Gasteiger partial charge on any atom is 0.101 e. The molecule has 3 nitrogen and oxygen atoms in total. The Balaban J connectivity index is 2.02. The monoisotopic (exact) mass is 215 g/mol. The van der Waals surface area contributed by atoms with Gasteiger partial charge in [0.1, 0.15) is 6.07 Å². The summed E-state index contributed by atoms with van der Waals surface area (Å²) in [6.07, 6.45) is 3.92. The van der Waals surface area contributed by atoms with E-state index in [1.54, 1.807) is 6.07 Å². The SMILES string of the molecule is CC1(CNc2ccc(N)c(C#N)c2)CCC1. The number of anilines is 2. The second kappa shape index (κ2) is 4.05. The number of hydrogen-bond donors (Lipinski definition) is 2. The summed E-state index contributed by atoms with van der Waals surface area (Å²) in [6.45, 7) is 3.27. The standard InChI is InChI=1S/C13H17N3/c1-13(5-2-6-13)9-16-11-3-4-12(15)10(7-11)8-14/h3-4,7,16H,2,5-6,9,15H2,1H3. The van der Waals surface area contributed by atoms with Crippen molar-refractivity contribution in [2.75, 3.05) is 17.6 Å². The summed E-state index contributed by atoms with van der Waals surface area (Å²) in [5.74, 6) is 0. The molecule has 1 aliphatic carbocycles. The molecule has 0 spiro atoms. The molecule has 1 aromatic rings. The van der Waals surface area contributed by atoms with E-state index in [9.17, 15) is 0 Å². The molecule has 3 heteroatoms. The van der Waals surface area contributed by atoms with Crippen molar-refractivity contribution in [1.29, 1.82) is 5.26 Å². The lowest BCUT2D eigenvalue weighted by molar-refractivity contribution is 0.180. The molecule has 0 atom stereocenters. The molecule has 1 aromatic carbocycles. The Morgan fingerprint density at radius 1 is 1.50 bits per heavy atom. The van der Waals surface area contributed by atoms with E-state index < -0.39 is 0 Å². The van der Waals surface area contributed by atoms with E-state index >= 15 is 0 Å². The molecule has 2 rings (SSSR count). The average Bonchev–Trinajstić information content (AvgIpc) is 2.25. The van der Waals surface area contributed by atoms with Gasteiger partial charge in [-0.2, -0.15) is 5.26 Å². The van der Waals surface area contributed by atoms with Crippen molar-refractivity contribution < 1.29 is 0 Å². The molecule has 3 N–H and O–H groups in total. The van der Waals surface area contributed by atoms with Gasteiger partial charge >= 0.3 is 0 Å². The highest BCUT2D eigenvalue weighted by atomic mass is 14.9. The van der Waals surface area contributed by atoms with Crippen molar-refractivity contribution in [2.24, 2.45) is 5.41 Å². The van der Waals surface area contributed by atoms with Crippen LogP contribution in [0, 0.1) is 16.7 Å². The van der Waals surface area contributed by atoms with E-state index in [0.717, 1.165) is 12.2 Å². The van der Waals surface area contributed by atoms with Gasteiger partial charge < -0.3 is 11.1 Å². The second-order valence-electron chi connectivity index (χ2n) is 4.93. The van der Waals surface area contributed by atoms with Crippen LogP contribution in [0.15, 0.2) is 18.2 Å². The molecule has 16 heavy (non-hydrogen) atoms. The maximum absolute atomic E-state index is 8.87. The van der Waals surface area contributed by atoms with E-state index in [1.165, 1.54) is 19.3 Å². The van der Waals surface area contributed by atoms with Gasteiger partial charge in [-0.1, -0.05) is 13.3 Å². The number of benzene rings is 1. The zero-order valence-corrected chi connectivity index (χ0v) is 9.59. The summed E-state index contributed by atoms with van der Waals surface area (Å²) in [5.41, 5.74) is 8.18. The number of hydrogen-bond acceptors (Lipinski definition) is 3. The van der Waals surface area contributed by atoms with Gasteiger partial charge in [0.25, 0.3) is 0 Å². The number of nitrogen functional groups attached to an aromatic ring is 1. The minimum Gasteiger partial charge on any atom is -0.398 e. The molecule has 0 bridgehead atoms. The molecule has 0 heterocycles. The van der Waals surface area contributed by atoms with Crippen molar-refractivity contribution in [1.82, 2.24) is 0 Å². The average molecular weight is 215 g/mol. The largest absolute Gasteiger partial charge is 0.398 e. The topological polar surface area (TPSA) is 61.8 Å². The zero-order chi connectivity index (χ0) is 11.6. The molecule has 1 aliphatic rings. The Bertz CT molecular complexity index is 427. The summed E-state index contributed by atoms with van der Waals surface area (Å²) in [7, 11) is 0. The van der Waals surface area contributed by atoms with Gasteiger partial charge in [0.2, 0.25) is 0 Å². The van der Waals surface area contributed by atoms with Gasteiger partial charge in [-0.3, -0.25) is 0 Å². The lowest BCUT2D eigenvalue weighted by Crippen LogP contribution is -2.33. The minimum atomic E-state index is 0.439. The molecule has 1 fully saturated rings. The van der Waals surface area contributed by atoms with Gasteiger partial charge in [-0.05, 0) is 36.5 Å². The van der Waals surface area contributed by atoms with Crippen molar-refractivity contribution in [3.63, 3.8) is 0 Å². The maximum atomic E-state index is 8.87. The van der Waals surface area contributed by atoms with Crippen LogP contribution in [0.1, 0.15) is 31.7 Å². The van der Waals surface area contributed by atoms with Gasteiger partial charge in [-0.25, -0.2) is 0 Å². The summed E-state index contributed by atoms with van der Waals surface area (Å²) < 4.78 is 0. The summed E-state index contributed by atoms with van der Waals surface area (Å²) in [5, 5.41) is 12.3. The molecule has 0 saturated heterocycles. The third kappa shape index (κ3) is 2.11. The van der Waals surface area contributed by atoms with Gasteiger partial charge in [0.05, 0.1) is 5.56 Å². The number of nitrogens with zero attached hydrogens (tertiary/aromatic N) is 1. The lowest BCUT2D eigenvalue weighted by Gasteiger charge is -2.38. The number of nitrogens with two attached hydrogens (primary N) is 1. The molecule has 0 aliphatic heterocycles. The predicted octanol–water partition coefficient (Wildman–Crippen LogP) is 2.74. The molecule has 84 valence electrons. The molecule has 0 unspecified atom stereocenters. The zero-order valence-electron chi connectivity index (χ0n) is 9.59. The molecular weight excluding hydrogens is 198 g/mol. The van der Waals surface area contributed by atoms with Crippen LogP contribution in [0.25, 0.3) is 0 Å². The lowest BCUT2D eigenvalue weighted by atomic mass is 9.70. The van der Waals surface area contributed by atoms with Gasteiger partial charge in [-0.15, -0.1) is 0 Å². The Labute approximate surface area is 96.3 Å². The fourth-order valence-electron chi connectivity index (χ4n) is 2.04. The van der Waals surface area contributed by atoms with Crippen LogP contribution in [-0.4, -0.2) is 6.54 Å². The third-order valence-corrected chi connectivity index (χ3v) is 3.45. The van der Waals surface area contributed by atoms with E-state index in [2.05, 4.69) is 18.3 Å². The predicted molar refractivity (Wildman–Crippen MR) is 66.0 cm³/mol. The number of nitrogens with one attached hydrogen (secondary N) is 1. The summed E-state index contributed by atoms with van der Waals surface area (Å²) in [4.78, 5) is 0.